The number of aliphatic hydroxyl groups excluding tert-OH is 1. The first kappa shape index (κ1) is 10.2. The van der Waals surface area contributed by atoms with E-state index in [2.05, 4.69) is 9.97 Å². The van der Waals surface area contributed by atoms with Crippen molar-refractivity contribution in [1.29, 1.82) is 0 Å². The lowest BCUT2D eigenvalue weighted by molar-refractivity contribution is 0.176. The Morgan fingerprint density at radius 2 is 2.07 bits per heavy atom. The molecule has 0 fully saturated rings. The van der Waals surface area contributed by atoms with Gasteiger partial charge in [-0.3, -0.25) is 0 Å². The van der Waals surface area contributed by atoms with Gasteiger partial charge in [0.15, 0.2) is 0 Å². The summed E-state index contributed by atoms with van der Waals surface area (Å²) in [5, 5.41) is 10.6. The number of H-pyrrole nitrogens is 1. The van der Waals surface area contributed by atoms with Crippen molar-refractivity contribution in [2.24, 2.45) is 0 Å². The zero-order chi connectivity index (χ0) is 10.7. The average molecular weight is 223 g/mol. The van der Waals surface area contributed by atoms with Crippen LogP contribution in [0.25, 0.3) is 0 Å². The molecule has 0 amide bonds. The van der Waals surface area contributed by atoms with E-state index in [1.54, 1.807) is 24.5 Å². The summed E-state index contributed by atoms with van der Waals surface area (Å²) in [5.74, 6) is 0.775. The minimum Gasteiger partial charge on any atom is -0.388 e. The molecule has 0 aliphatic rings. The molecule has 0 spiro atoms. The van der Waals surface area contributed by atoms with Crippen molar-refractivity contribution in [3.63, 3.8) is 0 Å². The molecule has 15 heavy (non-hydrogen) atoms. The van der Waals surface area contributed by atoms with Crippen molar-refractivity contribution >= 4 is 11.6 Å². The maximum absolute atomic E-state index is 9.88. The number of imidazole rings is 1. The molecule has 1 atom stereocenters. The molecular weight excluding hydrogens is 212 g/mol. The van der Waals surface area contributed by atoms with E-state index in [-0.39, 0.29) is 0 Å². The number of aromatic nitrogens is 2. The highest BCUT2D eigenvalue weighted by Crippen LogP contribution is 2.18. The van der Waals surface area contributed by atoms with Crippen molar-refractivity contribution in [2.75, 3.05) is 0 Å². The summed E-state index contributed by atoms with van der Waals surface area (Å²) in [4.78, 5) is 7.01. The molecule has 78 valence electrons. The van der Waals surface area contributed by atoms with Gasteiger partial charge in [-0.1, -0.05) is 23.7 Å². The van der Waals surface area contributed by atoms with Crippen molar-refractivity contribution in [1.82, 2.24) is 9.97 Å². The van der Waals surface area contributed by atoms with Gasteiger partial charge in [-0.25, -0.2) is 4.98 Å². The molecule has 0 saturated heterocycles. The lowest BCUT2D eigenvalue weighted by Crippen LogP contribution is -2.02. The number of halogens is 1. The summed E-state index contributed by atoms with van der Waals surface area (Å²) >= 11 is 5.76. The van der Waals surface area contributed by atoms with E-state index < -0.39 is 6.10 Å². The largest absolute Gasteiger partial charge is 0.388 e. The van der Waals surface area contributed by atoms with E-state index >= 15 is 0 Å². The molecule has 0 saturated carbocycles. The topological polar surface area (TPSA) is 48.9 Å². The number of nitrogens with zero attached hydrogens (tertiary/aromatic N) is 1. The maximum atomic E-state index is 9.88. The van der Waals surface area contributed by atoms with E-state index in [1.807, 2.05) is 12.1 Å². The number of benzene rings is 1. The van der Waals surface area contributed by atoms with Crippen LogP contribution < -0.4 is 0 Å². The van der Waals surface area contributed by atoms with Gasteiger partial charge < -0.3 is 10.1 Å². The number of hydrogen-bond acceptors (Lipinski definition) is 2. The Morgan fingerprint density at radius 3 is 2.67 bits per heavy atom. The van der Waals surface area contributed by atoms with Crippen molar-refractivity contribution in [3.05, 3.63) is 53.1 Å². The first-order chi connectivity index (χ1) is 7.25. The maximum Gasteiger partial charge on any atom is 0.108 e. The van der Waals surface area contributed by atoms with Gasteiger partial charge in [0.05, 0.1) is 6.10 Å². The van der Waals surface area contributed by atoms with Gasteiger partial charge in [0.1, 0.15) is 5.82 Å². The second-order valence-electron chi connectivity index (χ2n) is 3.31. The Balaban J connectivity index is 2.08. The summed E-state index contributed by atoms with van der Waals surface area (Å²) < 4.78 is 0. The first-order valence-corrected chi connectivity index (χ1v) is 5.05. The Hall–Kier alpha value is -1.32. The number of nitrogens with one attached hydrogen (secondary N) is 1. The third-order valence-corrected chi connectivity index (χ3v) is 2.45. The number of aliphatic hydroxyl groups is 1. The van der Waals surface area contributed by atoms with Crippen molar-refractivity contribution < 1.29 is 5.11 Å². The van der Waals surface area contributed by atoms with E-state index in [4.69, 9.17) is 11.6 Å². The van der Waals surface area contributed by atoms with Crippen LogP contribution in [0.2, 0.25) is 5.02 Å². The lowest BCUT2D eigenvalue weighted by atomic mass is 10.1. The zero-order valence-electron chi connectivity index (χ0n) is 8.02. The molecule has 0 bridgehead atoms. The van der Waals surface area contributed by atoms with Gasteiger partial charge in [0.25, 0.3) is 0 Å². The summed E-state index contributed by atoms with van der Waals surface area (Å²) in [5.41, 5.74) is 0.843. The predicted molar refractivity (Wildman–Crippen MR) is 58.7 cm³/mol. The first-order valence-electron chi connectivity index (χ1n) is 4.67. The fourth-order valence-electron chi connectivity index (χ4n) is 1.40. The molecule has 2 N–H and O–H groups in total. The molecular formula is C11H11ClN2O. The highest BCUT2D eigenvalue weighted by molar-refractivity contribution is 6.30. The van der Waals surface area contributed by atoms with E-state index in [0.717, 1.165) is 11.4 Å². The smallest absolute Gasteiger partial charge is 0.108 e. The summed E-state index contributed by atoms with van der Waals surface area (Å²) in [6.45, 7) is 0. The standard InChI is InChI=1S/C11H11ClN2O/c12-9-3-1-8(2-4-9)10(15)7-11-13-5-6-14-11/h1-6,10,15H,7H2,(H,13,14). The van der Waals surface area contributed by atoms with Crippen LogP contribution in [-0.4, -0.2) is 15.1 Å². The van der Waals surface area contributed by atoms with E-state index in [1.165, 1.54) is 0 Å². The summed E-state index contributed by atoms with van der Waals surface area (Å²) in [7, 11) is 0. The average Bonchev–Trinajstić information content (AvgIpc) is 2.71. The van der Waals surface area contributed by atoms with Crippen LogP contribution in [0, 0.1) is 0 Å². The molecule has 1 unspecified atom stereocenters. The van der Waals surface area contributed by atoms with Crippen LogP contribution >= 0.6 is 11.6 Å². The van der Waals surface area contributed by atoms with Crippen molar-refractivity contribution in [2.45, 2.75) is 12.5 Å². The van der Waals surface area contributed by atoms with E-state index in [0.29, 0.717) is 11.4 Å². The SMILES string of the molecule is OC(Cc1ncc[nH]1)c1ccc(Cl)cc1. The Labute approximate surface area is 92.7 Å². The lowest BCUT2D eigenvalue weighted by Gasteiger charge is -2.08. The van der Waals surface area contributed by atoms with Gasteiger partial charge in [0, 0.05) is 23.8 Å². The summed E-state index contributed by atoms with van der Waals surface area (Å²) in [6.07, 6.45) is 3.34. The molecule has 2 aromatic rings. The third-order valence-electron chi connectivity index (χ3n) is 2.20. The van der Waals surface area contributed by atoms with Crippen LogP contribution in [0.5, 0.6) is 0 Å². The number of rotatable bonds is 3. The van der Waals surface area contributed by atoms with Gasteiger partial charge >= 0.3 is 0 Å². The minimum absolute atomic E-state index is 0.481. The molecule has 0 aliphatic heterocycles. The van der Waals surface area contributed by atoms with Crippen LogP contribution in [0.3, 0.4) is 0 Å². The monoisotopic (exact) mass is 222 g/mol. The fraction of sp³-hybridized carbons (Fsp3) is 0.182. The Morgan fingerprint density at radius 1 is 1.33 bits per heavy atom. The molecule has 1 heterocycles. The van der Waals surface area contributed by atoms with Gasteiger partial charge in [-0.15, -0.1) is 0 Å². The van der Waals surface area contributed by atoms with Crippen LogP contribution in [0.1, 0.15) is 17.5 Å². The normalized spacial score (nSPS) is 12.7. The highest BCUT2D eigenvalue weighted by atomic mass is 35.5. The minimum atomic E-state index is -0.548. The second-order valence-corrected chi connectivity index (χ2v) is 3.74. The molecule has 1 aromatic carbocycles. The molecule has 1 aromatic heterocycles. The third kappa shape index (κ3) is 2.58. The highest BCUT2D eigenvalue weighted by Gasteiger charge is 2.09. The van der Waals surface area contributed by atoms with Gasteiger partial charge in [-0.05, 0) is 17.7 Å². The zero-order valence-corrected chi connectivity index (χ0v) is 8.78. The molecule has 4 heteroatoms. The summed E-state index contributed by atoms with van der Waals surface area (Å²) in [6, 6.07) is 7.16. The van der Waals surface area contributed by atoms with Gasteiger partial charge in [0.2, 0.25) is 0 Å². The Bertz CT molecular complexity index is 411. The van der Waals surface area contributed by atoms with Crippen LogP contribution in [-0.2, 0) is 6.42 Å². The predicted octanol–water partition coefficient (Wildman–Crippen LogP) is 2.34. The molecule has 0 radical (unpaired) electrons. The molecule has 3 nitrogen and oxygen atoms in total. The quantitative estimate of drug-likeness (QED) is 0.838. The second kappa shape index (κ2) is 4.47. The molecule has 2 rings (SSSR count). The van der Waals surface area contributed by atoms with Crippen molar-refractivity contribution in [3.8, 4) is 0 Å². The van der Waals surface area contributed by atoms with E-state index in [9.17, 15) is 5.11 Å². The number of hydrogen-bond donors (Lipinski definition) is 2. The van der Waals surface area contributed by atoms with Crippen LogP contribution in [0.4, 0.5) is 0 Å². The van der Waals surface area contributed by atoms with Crippen LogP contribution in [0.15, 0.2) is 36.7 Å². The fourth-order valence-corrected chi connectivity index (χ4v) is 1.52. The van der Waals surface area contributed by atoms with Gasteiger partial charge in [-0.2, -0.15) is 0 Å². The Kier molecular flexibility index (Phi) is 3.04. The number of aromatic amines is 1. The molecule has 0 aliphatic carbocycles.